The van der Waals surface area contributed by atoms with Gasteiger partial charge < -0.3 is 10.2 Å². The molecule has 2 aromatic heterocycles. The SMILES string of the molecule is CCN(CC)C(=O)c1cc(Cl)cc(S(=O)(=O)c2ccc(CNC(=O)c3cc4ccncc4s3)cc2)c1. The fourth-order valence-electron chi connectivity index (χ4n) is 3.72. The number of thiophene rings is 1. The second-order valence-corrected chi connectivity index (χ2v) is 11.5. The average molecular weight is 542 g/mol. The largest absolute Gasteiger partial charge is 0.347 e. The van der Waals surface area contributed by atoms with E-state index >= 15 is 0 Å². The number of nitrogens with one attached hydrogen (secondary N) is 1. The summed E-state index contributed by atoms with van der Waals surface area (Å²) in [6, 6.07) is 14.1. The molecule has 2 heterocycles. The van der Waals surface area contributed by atoms with Crippen LogP contribution in [0.3, 0.4) is 0 Å². The molecule has 0 unspecified atom stereocenters. The van der Waals surface area contributed by atoms with Crippen molar-refractivity contribution in [2.75, 3.05) is 13.1 Å². The van der Waals surface area contributed by atoms with E-state index < -0.39 is 9.84 Å². The fraction of sp³-hybridized carbons (Fsp3) is 0.192. The number of nitrogens with zero attached hydrogens (tertiary/aromatic N) is 2. The molecule has 0 aliphatic carbocycles. The number of carbonyl (C=O) groups excluding carboxylic acids is 2. The molecule has 2 amide bonds. The number of benzene rings is 2. The first kappa shape index (κ1) is 25.8. The highest BCUT2D eigenvalue weighted by atomic mass is 35.5. The van der Waals surface area contributed by atoms with Crippen LogP contribution in [0.2, 0.25) is 5.02 Å². The lowest BCUT2D eigenvalue weighted by molar-refractivity contribution is 0.0772. The molecular weight excluding hydrogens is 518 g/mol. The van der Waals surface area contributed by atoms with Gasteiger partial charge in [-0.2, -0.15) is 0 Å². The van der Waals surface area contributed by atoms with Gasteiger partial charge in [-0.1, -0.05) is 23.7 Å². The Morgan fingerprint density at radius 1 is 1.00 bits per heavy atom. The molecule has 1 N–H and O–H groups in total. The van der Waals surface area contributed by atoms with Crippen LogP contribution < -0.4 is 5.32 Å². The average Bonchev–Trinajstić information content (AvgIpc) is 3.32. The van der Waals surface area contributed by atoms with E-state index in [9.17, 15) is 18.0 Å². The number of carbonyl (C=O) groups is 2. The highest BCUT2D eigenvalue weighted by molar-refractivity contribution is 7.91. The van der Waals surface area contributed by atoms with Crippen molar-refractivity contribution in [2.45, 2.75) is 30.2 Å². The monoisotopic (exact) mass is 541 g/mol. The van der Waals surface area contributed by atoms with E-state index in [-0.39, 0.29) is 38.7 Å². The Hall–Kier alpha value is -3.27. The van der Waals surface area contributed by atoms with Gasteiger partial charge in [0.2, 0.25) is 9.84 Å². The molecule has 0 saturated heterocycles. The summed E-state index contributed by atoms with van der Waals surface area (Å²) in [7, 11) is -3.91. The van der Waals surface area contributed by atoms with Crippen LogP contribution >= 0.6 is 22.9 Å². The number of pyridine rings is 1. The lowest BCUT2D eigenvalue weighted by Gasteiger charge is -2.19. The van der Waals surface area contributed by atoms with E-state index in [2.05, 4.69) is 10.3 Å². The summed E-state index contributed by atoms with van der Waals surface area (Å²) >= 11 is 7.53. The first-order chi connectivity index (χ1) is 17.2. The molecule has 36 heavy (non-hydrogen) atoms. The Morgan fingerprint density at radius 2 is 1.72 bits per heavy atom. The number of rotatable bonds is 8. The van der Waals surface area contributed by atoms with E-state index in [0.717, 1.165) is 15.6 Å². The molecule has 0 fully saturated rings. The molecule has 0 aliphatic heterocycles. The molecule has 0 bridgehead atoms. The zero-order valence-corrected chi connectivity index (χ0v) is 22.1. The van der Waals surface area contributed by atoms with Crippen LogP contribution in [0.5, 0.6) is 0 Å². The molecule has 0 aliphatic rings. The highest BCUT2D eigenvalue weighted by Crippen LogP contribution is 2.27. The van der Waals surface area contributed by atoms with Crippen LogP contribution in [0.15, 0.2) is 76.8 Å². The highest BCUT2D eigenvalue weighted by Gasteiger charge is 2.22. The van der Waals surface area contributed by atoms with Crippen molar-refractivity contribution < 1.29 is 18.0 Å². The summed E-state index contributed by atoms with van der Waals surface area (Å²) in [5, 5.41) is 3.98. The lowest BCUT2D eigenvalue weighted by atomic mass is 10.2. The van der Waals surface area contributed by atoms with Crippen molar-refractivity contribution in [3.8, 4) is 0 Å². The smallest absolute Gasteiger partial charge is 0.261 e. The number of aromatic nitrogens is 1. The number of hydrogen-bond donors (Lipinski definition) is 1. The maximum Gasteiger partial charge on any atom is 0.261 e. The minimum Gasteiger partial charge on any atom is -0.347 e. The Morgan fingerprint density at radius 3 is 2.39 bits per heavy atom. The summed E-state index contributed by atoms with van der Waals surface area (Å²) in [5.41, 5.74) is 0.967. The van der Waals surface area contributed by atoms with Gasteiger partial charge in [0.05, 0.1) is 19.4 Å². The van der Waals surface area contributed by atoms with Gasteiger partial charge in [0.25, 0.3) is 11.8 Å². The Balaban J connectivity index is 1.49. The molecule has 0 saturated carbocycles. The minimum absolute atomic E-state index is 0.0502. The Labute approximate surface area is 218 Å². The van der Waals surface area contributed by atoms with Crippen LogP contribution in [0.4, 0.5) is 0 Å². The molecule has 7 nitrogen and oxygen atoms in total. The van der Waals surface area contributed by atoms with Crippen molar-refractivity contribution in [3.05, 3.63) is 88.0 Å². The van der Waals surface area contributed by atoms with Crippen LogP contribution in [-0.2, 0) is 16.4 Å². The van der Waals surface area contributed by atoms with Crippen LogP contribution in [-0.4, -0.2) is 43.2 Å². The minimum atomic E-state index is -3.91. The van der Waals surface area contributed by atoms with Gasteiger partial charge in [-0.05, 0) is 67.3 Å². The first-order valence-corrected chi connectivity index (χ1v) is 14.0. The number of hydrogen-bond acceptors (Lipinski definition) is 6. The van der Waals surface area contributed by atoms with E-state index in [1.807, 2.05) is 26.0 Å². The van der Waals surface area contributed by atoms with Crippen molar-refractivity contribution in [3.63, 3.8) is 0 Å². The Bertz CT molecular complexity index is 1500. The number of amides is 2. The van der Waals surface area contributed by atoms with Crippen molar-refractivity contribution in [1.82, 2.24) is 15.2 Å². The molecular formula is C26H24ClN3O4S2. The second-order valence-electron chi connectivity index (χ2n) is 8.01. The van der Waals surface area contributed by atoms with Crippen molar-refractivity contribution in [2.24, 2.45) is 0 Å². The molecule has 0 radical (unpaired) electrons. The first-order valence-electron chi connectivity index (χ1n) is 11.3. The number of halogens is 1. The summed E-state index contributed by atoms with van der Waals surface area (Å²) in [6.45, 7) is 4.95. The summed E-state index contributed by atoms with van der Waals surface area (Å²) < 4.78 is 27.5. The third-order valence-electron chi connectivity index (χ3n) is 5.71. The second kappa shape index (κ2) is 10.8. The third kappa shape index (κ3) is 5.43. The normalized spacial score (nSPS) is 11.4. The van der Waals surface area contributed by atoms with Crippen molar-refractivity contribution >= 4 is 54.7 Å². The molecule has 10 heteroatoms. The predicted octanol–water partition coefficient (Wildman–Crippen LogP) is 5.19. The molecule has 2 aromatic carbocycles. The van der Waals surface area contributed by atoms with Crippen LogP contribution in [0.25, 0.3) is 10.1 Å². The Kier molecular flexibility index (Phi) is 7.73. The fourth-order valence-corrected chi connectivity index (χ4v) is 6.30. The predicted molar refractivity (Wildman–Crippen MR) is 141 cm³/mol. The third-order valence-corrected chi connectivity index (χ3v) is 8.76. The molecule has 4 aromatic rings. The zero-order valence-electron chi connectivity index (χ0n) is 19.7. The molecule has 0 spiro atoms. The van der Waals surface area contributed by atoms with E-state index in [0.29, 0.717) is 18.0 Å². The summed E-state index contributed by atoms with van der Waals surface area (Å²) in [6.07, 6.45) is 3.40. The van der Waals surface area contributed by atoms with Gasteiger partial charge in [-0.15, -0.1) is 11.3 Å². The number of fused-ring (bicyclic) bond motifs is 1. The lowest BCUT2D eigenvalue weighted by Crippen LogP contribution is -2.30. The van der Waals surface area contributed by atoms with Gasteiger partial charge in [-0.3, -0.25) is 14.6 Å². The summed E-state index contributed by atoms with van der Waals surface area (Å²) in [4.78, 5) is 31.5. The molecule has 4 rings (SSSR count). The topological polar surface area (TPSA) is 96.4 Å². The van der Waals surface area contributed by atoms with Gasteiger partial charge in [0.1, 0.15) is 0 Å². The van der Waals surface area contributed by atoms with Crippen LogP contribution in [0, 0.1) is 0 Å². The van der Waals surface area contributed by atoms with Crippen LogP contribution in [0.1, 0.15) is 39.4 Å². The quantitative estimate of drug-likeness (QED) is 0.331. The molecule has 186 valence electrons. The zero-order chi connectivity index (χ0) is 25.9. The van der Waals surface area contributed by atoms with E-state index in [1.54, 1.807) is 29.4 Å². The van der Waals surface area contributed by atoms with Gasteiger partial charge >= 0.3 is 0 Å². The van der Waals surface area contributed by atoms with E-state index in [1.165, 1.54) is 41.7 Å². The van der Waals surface area contributed by atoms with E-state index in [4.69, 9.17) is 11.6 Å². The van der Waals surface area contributed by atoms with Gasteiger partial charge in [0, 0.05) is 42.6 Å². The van der Waals surface area contributed by atoms with Crippen molar-refractivity contribution in [1.29, 1.82) is 0 Å². The molecule has 0 atom stereocenters. The van der Waals surface area contributed by atoms with Gasteiger partial charge in [-0.25, -0.2) is 8.42 Å². The number of sulfone groups is 1. The summed E-state index contributed by atoms with van der Waals surface area (Å²) in [5.74, 6) is -0.489. The van der Waals surface area contributed by atoms with Gasteiger partial charge in [0.15, 0.2) is 0 Å². The standard InChI is InChI=1S/C26H24ClN3O4S2/c1-3-30(4-2)26(32)19-11-20(27)14-22(12-19)36(33,34)21-7-5-17(6-8-21)15-29-25(31)23-13-18-9-10-28-16-24(18)35-23/h5-14,16H,3-4,15H2,1-2H3,(H,29,31). The maximum absolute atomic E-state index is 13.3. The maximum atomic E-state index is 13.3.